The topological polar surface area (TPSA) is 61.8 Å². The molecule has 0 unspecified atom stereocenters. The molecule has 2 aromatic carbocycles. The summed E-state index contributed by atoms with van der Waals surface area (Å²) < 4.78 is 5.74. The first-order valence-electron chi connectivity index (χ1n) is 14.5. The van der Waals surface area contributed by atoms with Crippen LogP contribution in [-0.4, -0.2) is 63.2 Å². The van der Waals surface area contributed by atoms with Crippen molar-refractivity contribution in [2.24, 2.45) is 0 Å². The summed E-state index contributed by atoms with van der Waals surface area (Å²) in [5.41, 5.74) is 6.63. The summed E-state index contributed by atoms with van der Waals surface area (Å²) in [6.45, 7) is 18.2. The Morgan fingerprint density at radius 3 is 2.33 bits per heavy atom. The Morgan fingerprint density at radius 2 is 1.65 bits per heavy atom. The molecular weight excluding hydrogens is 498 g/mol. The number of anilines is 1. The fourth-order valence-corrected chi connectivity index (χ4v) is 5.94. The molecule has 0 bridgehead atoms. The zero-order valence-electron chi connectivity index (χ0n) is 25.1. The van der Waals surface area contributed by atoms with Gasteiger partial charge in [-0.2, -0.15) is 0 Å². The van der Waals surface area contributed by atoms with Gasteiger partial charge in [0.1, 0.15) is 11.4 Å². The number of fused-ring (bicyclic) bond motifs is 1. The maximum Gasteiger partial charge on any atom is 0.410 e. The van der Waals surface area contributed by atoms with E-state index in [0.717, 1.165) is 49.0 Å². The zero-order valence-corrected chi connectivity index (χ0v) is 25.1. The Kier molecular flexibility index (Phi) is 7.87. The van der Waals surface area contributed by atoms with Crippen LogP contribution in [0.2, 0.25) is 0 Å². The van der Waals surface area contributed by atoms with E-state index in [4.69, 9.17) is 14.7 Å². The highest BCUT2D eigenvalue weighted by Gasteiger charge is 2.37. The predicted molar refractivity (Wildman–Crippen MR) is 160 cm³/mol. The van der Waals surface area contributed by atoms with Gasteiger partial charge in [-0.15, -0.1) is 0 Å². The van der Waals surface area contributed by atoms with Gasteiger partial charge in [-0.05, 0) is 65.2 Å². The van der Waals surface area contributed by atoms with Crippen molar-refractivity contribution in [3.8, 4) is 11.4 Å². The molecule has 0 N–H and O–H groups in total. The number of piperazine rings is 1. The van der Waals surface area contributed by atoms with E-state index in [-0.39, 0.29) is 18.2 Å². The van der Waals surface area contributed by atoms with Crippen molar-refractivity contribution in [2.45, 2.75) is 85.7 Å². The maximum absolute atomic E-state index is 13.0. The molecule has 7 heteroatoms. The van der Waals surface area contributed by atoms with E-state index in [0.29, 0.717) is 13.1 Å². The second-order valence-electron chi connectivity index (χ2n) is 12.5. The second kappa shape index (κ2) is 11.2. The minimum atomic E-state index is -0.522. The van der Waals surface area contributed by atoms with Crippen LogP contribution in [0.15, 0.2) is 48.5 Å². The van der Waals surface area contributed by atoms with E-state index in [1.54, 1.807) is 0 Å². The third kappa shape index (κ3) is 5.99. The molecule has 2 aliphatic rings. The standard InChI is InChI=1S/C33H43N5O2/c1-22-12-11-13-23(2)29(22)30-34-28-16-17-36(20-26-14-9-8-10-15-26)21-27(28)31(35-30)37-18-25(4)38(19-24(37)3)32(39)40-33(5,6)7/h8-15,24-25H,16-21H2,1-7H3/t24-,25+/m0/s1. The summed E-state index contributed by atoms with van der Waals surface area (Å²) >= 11 is 0. The van der Waals surface area contributed by atoms with Gasteiger partial charge >= 0.3 is 6.09 Å². The first kappa shape index (κ1) is 28.1. The van der Waals surface area contributed by atoms with Gasteiger partial charge in [-0.25, -0.2) is 14.8 Å². The molecule has 1 amide bonds. The average Bonchev–Trinajstić information content (AvgIpc) is 2.89. The molecule has 0 saturated carbocycles. The number of aryl methyl sites for hydroxylation is 2. The Labute approximate surface area is 239 Å². The van der Waals surface area contributed by atoms with E-state index in [1.165, 1.54) is 22.3 Å². The van der Waals surface area contributed by atoms with Gasteiger partial charge in [0.05, 0.1) is 5.69 Å². The number of amides is 1. The number of hydrogen-bond donors (Lipinski definition) is 0. The quantitative estimate of drug-likeness (QED) is 0.395. The molecule has 40 heavy (non-hydrogen) atoms. The SMILES string of the molecule is Cc1cccc(C)c1-c1nc2c(c(N3C[C@@H](C)N(C(=O)OC(C)(C)C)C[C@@H]3C)n1)CN(Cc1ccccc1)CC2. The number of rotatable bonds is 4. The van der Waals surface area contributed by atoms with Gasteiger partial charge < -0.3 is 14.5 Å². The van der Waals surface area contributed by atoms with Crippen molar-refractivity contribution in [1.29, 1.82) is 0 Å². The molecule has 7 nitrogen and oxygen atoms in total. The number of hydrogen-bond acceptors (Lipinski definition) is 6. The first-order chi connectivity index (χ1) is 19.0. The summed E-state index contributed by atoms with van der Waals surface area (Å²) in [6, 6.07) is 17.1. The lowest BCUT2D eigenvalue weighted by Gasteiger charge is -2.45. The maximum atomic E-state index is 13.0. The highest BCUT2D eigenvalue weighted by Crippen LogP contribution is 2.35. The van der Waals surface area contributed by atoms with Crippen LogP contribution >= 0.6 is 0 Å². The number of nitrogens with zero attached hydrogens (tertiary/aromatic N) is 5. The van der Waals surface area contributed by atoms with Crippen LogP contribution in [0.1, 0.15) is 62.6 Å². The van der Waals surface area contributed by atoms with Crippen LogP contribution in [0.4, 0.5) is 10.6 Å². The molecule has 1 saturated heterocycles. The Balaban J connectivity index is 1.51. The molecule has 0 aliphatic carbocycles. The van der Waals surface area contributed by atoms with Crippen molar-refractivity contribution in [1.82, 2.24) is 19.8 Å². The molecule has 212 valence electrons. The molecule has 1 fully saturated rings. The van der Waals surface area contributed by atoms with Gasteiger partial charge in [0.25, 0.3) is 0 Å². The summed E-state index contributed by atoms with van der Waals surface area (Å²) in [5, 5.41) is 0. The van der Waals surface area contributed by atoms with Crippen LogP contribution in [-0.2, 0) is 24.2 Å². The molecule has 2 aliphatic heterocycles. The zero-order chi connectivity index (χ0) is 28.6. The van der Waals surface area contributed by atoms with Crippen molar-refractivity contribution in [3.05, 3.63) is 76.5 Å². The van der Waals surface area contributed by atoms with Gasteiger partial charge in [-0.3, -0.25) is 4.90 Å². The number of ether oxygens (including phenoxy) is 1. The lowest BCUT2D eigenvalue weighted by molar-refractivity contribution is 0.0129. The van der Waals surface area contributed by atoms with Gasteiger partial charge in [0.2, 0.25) is 0 Å². The highest BCUT2D eigenvalue weighted by atomic mass is 16.6. The minimum Gasteiger partial charge on any atom is -0.444 e. The smallest absolute Gasteiger partial charge is 0.410 e. The van der Waals surface area contributed by atoms with E-state index >= 15 is 0 Å². The molecule has 1 aromatic heterocycles. The summed E-state index contributed by atoms with van der Waals surface area (Å²) in [6.07, 6.45) is 0.638. The largest absolute Gasteiger partial charge is 0.444 e. The van der Waals surface area contributed by atoms with Gasteiger partial charge in [0.15, 0.2) is 5.82 Å². The molecule has 3 aromatic rings. The average molecular weight is 542 g/mol. The molecule has 2 atom stereocenters. The number of benzene rings is 2. The molecule has 5 rings (SSSR count). The normalized spacial score (nSPS) is 19.9. The Morgan fingerprint density at radius 1 is 0.950 bits per heavy atom. The first-order valence-corrected chi connectivity index (χ1v) is 14.5. The predicted octanol–water partition coefficient (Wildman–Crippen LogP) is 6.15. The second-order valence-corrected chi connectivity index (χ2v) is 12.5. The van der Waals surface area contributed by atoms with E-state index in [2.05, 4.69) is 86.0 Å². The molecule has 0 spiro atoms. The van der Waals surface area contributed by atoms with Gasteiger partial charge in [-0.1, -0.05) is 48.5 Å². The number of carbonyl (C=O) groups excluding carboxylic acids is 1. The van der Waals surface area contributed by atoms with Crippen molar-refractivity contribution in [3.63, 3.8) is 0 Å². The number of carbonyl (C=O) groups is 1. The monoisotopic (exact) mass is 541 g/mol. The third-order valence-electron chi connectivity index (χ3n) is 7.96. The summed E-state index contributed by atoms with van der Waals surface area (Å²) in [4.78, 5) is 30.3. The molecular formula is C33H43N5O2. The van der Waals surface area contributed by atoms with Crippen molar-refractivity contribution >= 4 is 11.9 Å². The molecule has 3 heterocycles. The van der Waals surface area contributed by atoms with Crippen LogP contribution in [0.5, 0.6) is 0 Å². The van der Waals surface area contributed by atoms with E-state index in [1.807, 2.05) is 25.7 Å². The fraction of sp³-hybridized carbons (Fsp3) is 0.485. The fourth-order valence-electron chi connectivity index (χ4n) is 5.94. The van der Waals surface area contributed by atoms with E-state index < -0.39 is 5.60 Å². The Hall–Kier alpha value is -3.45. The number of aromatic nitrogens is 2. The van der Waals surface area contributed by atoms with E-state index in [9.17, 15) is 4.79 Å². The summed E-state index contributed by atoms with van der Waals surface area (Å²) in [7, 11) is 0. The summed E-state index contributed by atoms with van der Waals surface area (Å²) in [5.74, 6) is 1.80. The van der Waals surface area contributed by atoms with Crippen LogP contribution in [0.25, 0.3) is 11.4 Å². The van der Waals surface area contributed by atoms with Crippen LogP contribution < -0.4 is 4.90 Å². The van der Waals surface area contributed by atoms with Crippen LogP contribution in [0, 0.1) is 13.8 Å². The van der Waals surface area contributed by atoms with Crippen molar-refractivity contribution < 1.29 is 9.53 Å². The minimum absolute atomic E-state index is 0.00988. The Bertz CT molecular complexity index is 1350. The van der Waals surface area contributed by atoms with Gasteiger partial charge in [0, 0.05) is 62.4 Å². The highest BCUT2D eigenvalue weighted by molar-refractivity contribution is 5.70. The lowest BCUT2D eigenvalue weighted by atomic mass is 9.99. The van der Waals surface area contributed by atoms with Crippen molar-refractivity contribution in [2.75, 3.05) is 24.5 Å². The molecule has 0 radical (unpaired) electrons. The third-order valence-corrected chi connectivity index (χ3v) is 7.96. The van der Waals surface area contributed by atoms with Crippen LogP contribution in [0.3, 0.4) is 0 Å². The lowest BCUT2D eigenvalue weighted by Crippen LogP contribution is -2.59.